The molecule has 0 radical (unpaired) electrons. The predicted octanol–water partition coefficient (Wildman–Crippen LogP) is 3.04. The number of amides is 2. The number of carbonyl (C=O) groups excluding carboxylic acids is 1. The number of nitrogens with one attached hydrogen (secondary N) is 1. The number of hydrogen-bond donors (Lipinski definition) is 2. The highest BCUT2D eigenvalue weighted by atomic mass is 35.5. The summed E-state index contributed by atoms with van der Waals surface area (Å²) in [6, 6.07) is 5.01. The van der Waals surface area contributed by atoms with E-state index in [1.165, 1.54) is 4.90 Å². The molecule has 0 spiro atoms. The Kier molecular flexibility index (Phi) is 7.32. The monoisotopic (exact) mass is 332 g/mol. The van der Waals surface area contributed by atoms with Crippen LogP contribution in [0.3, 0.4) is 0 Å². The molecular weight excluding hydrogens is 315 g/mol. The van der Waals surface area contributed by atoms with Crippen LogP contribution < -0.4 is 5.32 Å². The fourth-order valence-electron chi connectivity index (χ4n) is 1.73. The lowest BCUT2D eigenvalue weighted by Crippen LogP contribution is -2.38. The van der Waals surface area contributed by atoms with Crippen LogP contribution in [0.4, 0.5) is 4.79 Å². The number of nitrogens with zero attached hydrogens (tertiary/aromatic N) is 1. The lowest BCUT2D eigenvalue weighted by Gasteiger charge is -2.17. The second-order valence-corrected chi connectivity index (χ2v) is 5.48. The third-order valence-corrected chi connectivity index (χ3v) is 3.50. The zero-order valence-corrected chi connectivity index (χ0v) is 13.2. The lowest BCUT2D eigenvalue weighted by molar-refractivity contribution is -0.137. The van der Waals surface area contributed by atoms with Crippen molar-refractivity contribution < 1.29 is 14.7 Å². The fourth-order valence-corrected chi connectivity index (χ4v) is 2.24. The van der Waals surface area contributed by atoms with Gasteiger partial charge >= 0.3 is 12.0 Å². The van der Waals surface area contributed by atoms with E-state index in [1.807, 2.05) is 6.07 Å². The van der Waals surface area contributed by atoms with E-state index in [0.29, 0.717) is 36.0 Å². The van der Waals surface area contributed by atoms with Crippen molar-refractivity contribution in [2.75, 3.05) is 20.1 Å². The number of aliphatic carboxylic acids is 1. The topological polar surface area (TPSA) is 69.6 Å². The van der Waals surface area contributed by atoms with Crippen LogP contribution in [-0.2, 0) is 11.2 Å². The molecule has 1 rings (SSSR count). The normalized spacial score (nSPS) is 10.2. The Hall–Kier alpha value is -1.46. The summed E-state index contributed by atoms with van der Waals surface area (Å²) in [5, 5.41) is 12.4. The molecule has 0 saturated heterocycles. The van der Waals surface area contributed by atoms with Gasteiger partial charge in [0.05, 0.1) is 0 Å². The molecule has 116 valence electrons. The lowest BCUT2D eigenvalue weighted by atomic mass is 10.1. The van der Waals surface area contributed by atoms with E-state index in [1.54, 1.807) is 19.2 Å². The molecular formula is C14H18Cl2N2O3. The molecule has 1 aromatic rings. The summed E-state index contributed by atoms with van der Waals surface area (Å²) in [4.78, 5) is 23.6. The highest BCUT2D eigenvalue weighted by Gasteiger charge is 2.09. The minimum Gasteiger partial charge on any atom is -0.481 e. The summed E-state index contributed by atoms with van der Waals surface area (Å²) < 4.78 is 0. The van der Waals surface area contributed by atoms with Crippen molar-refractivity contribution in [2.45, 2.75) is 19.3 Å². The maximum absolute atomic E-state index is 11.8. The van der Waals surface area contributed by atoms with E-state index in [2.05, 4.69) is 5.32 Å². The maximum atomic E-state index is 11.8. The van der Waals surface area contributed by atoms with Gasteiger partial charge in [-0.15, -0.1) is 0 Å². The summed E-state index contributed by atoms with van der Waals surface area (Å²) in [7, 11) is 1.63. The molecule has 0 unspecified atom stereocenters. The Labute approximate surface area is 133 Å². The van der Waals surface area contributed by atoms with Crippen LogP contribution in [0.5, 0.6) is 0 Å². The Morgan fingerprint density at radius 2 is 2.05 bits per heavy atom. The molecule has 0 saturated carbocycles. The van der Waals surface area contributed by atoms with E-state index in [-0.39, 0.29) is 12.5 Å². The maximum Gasteiger partial charge on any atom is 0.317 e. The summed E-state index contributed by atoms with van der Waals surface area (Å²) in [5.41, 5.74) is 0.912. The number of carboxylic acids is 1. The van der Waals surface area contributed by atoms with Crippen LogP contribution >= 0.6 is 23.2 Å². The van der Waals surface area contributed by atoms with E-state index in [4.69, 9.17) is 28.3 Å². The minimum absolute atomic E-state index is 0.0536. The van der Waals surface area contributed by atoms with Gasteiger partial charge in [-0.25, -0.2) is 4.79 Å². The quantitative estimate of drug-likeness (QED) is 0.806. The first-order chi connectivity index (χ1) is 9.90. The Morgan fingerprint density at radius 1 is 1.33 bits per heavy atom. The van der Waals surface area contributed by atoms with Gasteiger partial charge < -0.3 is 15.3 Å². The first-order valence-electron chi connectivity index (χ1n) is 6.55. The Bertz CT molecular complexity index is 509. The average Bonchev–Trinajstić information content (AvgIpc) is 2.40. The van der Waals surface area contributed by atoms with E-state index in [9.17, 15) is 9.59 Å². The van der Waals surface area contributed by atoms with Gasteiger partial charge in [0.2, 0.25) is 0 Å². The van der Waals surface area contributed by atoms with E-state index >= 15 is 0 Å². The highest BCUT2D eigenvalue weighted by molar-refractivity contribution is 6.35. The second kappa shape index (κ2) is 8.74. The third kappa shape index (κ3) is 6.69. The smallest absolute Gasteiger partial charge is 0.317 e. The molecule has 0 aliphatic carbocycles. The first kappa shape index (κ1) is 17.6. The molecule has 0 bridgehead atoms. The van der Waals surface area contributed by atoms with E-state index in [0.717, 1.165) is 5.56 Å². The Morgan fingerprint density at radius 3 is 2.67 bits per heavy atom. The molecule has 0 atom stereocenters. The standard InChI is InChI=1S/C14H18Cl2N2O3/c1-18(8-2-3-13(19)20)14(21)17-7-6-10-4-5-11(15)9-12(10)16/h4-5,9H,2-3,6-8H2,1H3,(H,17,21)(H,19,20). The van der Waals surface area contributed by atoms with Gasteiger partial charge in [0.25, 0.3) is 0 Å². The number of urea groups is 1. The third-order valence-electron chi connectivity index (χ3n) is 2.92. The van der Waals surface area contributed by atoms with Crippen molar-refractivity contribution in [3.63, 3.8) is 0 Å². The molecule has 5 nitrogen and oxygen atoms in total. The van der Waals surface area contributed by atoms with Crippen LogP contribution in [0, 0.1) is 0 Å². The zero-order chi connectivity index (χ0) is 15.8. The van der Waals surface area contributed by atoms with Crippen LogP contribution in [0.2, 0.25) is 10.0 Å². The van der Waals surface area contributed by atoms with Gasteiger partial charge in [-0.1, -0.05) is 29.3 Å². The summed E-state index contributed by atoms with van der Waals surface area (Å²) in [5.74, 6) is -0.860. The molecule has 0 aliphatic rings. The largest absolute Gasteiger partial charge is 0.481 e. The van der Waals surface area contributed by atoms with E-state index < -0.39 is 5.97 Å². The number of halogens is 2. The molecule has 1 aromatic carbocycles. The van der Waals surface area contributed by atoms with Crippen molar-refractivity contribution in [3.8, 4) is 0 Å². The molecule has 0 fully saturated rings. The number of rotatable bonds is 7. The fraction of sp³-hybridized carbons (Fsp3) is 0.429. The molecule has 0 aliphatic heterocycles. The van der Waals surface area contributed by atoms with Crippen LogP contribution in [-0.4, -0.2) is 42.1 Å². The van der Waals surface area contributed by atoms with Gasteiger partial charge in [0, 0.05) is 36.6 Å². The summed E-state index contributed by atoms with van der Waals surface area (Å²) >= 11 is 11.9. The second-order valence-electron chi connectivity index (χ2n) is 4.64. The van der Waals surface area contributed by atoms with Gasteiger partial charge in [0.1, 0.15) is 0 Å². The predicted molar refractivity (Wildman–Crippen MR) is 83.1 cm³/mol. The summed E-state index contributed by atoms with van der Waals surface area (Å²) in [6.45, 7) is 0.850. The van der Waals surface area contributed by atoms with Gasteiger partial charge in [-0.3, -0.25) is 4.79 Å². The van der Waals surface area contributed by atoms with Crippen LogP contribution in [0.15, 0.2) is 18.2 Å². The zero-order valence-electron chi connectivity index (χ0n) is 11.7. The van der Waals surface area contributed by atoms with Gasteiger partial charge in [-0.05, 0) is 30.5 Å². The van der Waals surface area contributed by atoms with Crippen molar-refractivity contribution in [2.24, 2.45) is 0 Å². The summed E-state index contributed by atoms with van der Waals surface area (Å²) in [6.07, 6.45) is 1.09. The number of benzene rings is 1. The molecule has 0 heterocycles. The first-order valence-corrected chi connectivity index (χ1v) is 7.30. The molecule has 2 amide bonds. The van der Waals surface area contributed by atoms with Crippen molar-refractivity contribution >= 4 is 35.2 Å². The minimum atomic E-state index is -0.860. The van der Waals surface area contributed by atoms with Gasteiger partial charge in [0.15, 0.2) is 0 Å². The van der Waals surface area contributed by atoms with Crippen LogP contribution in [0.1, 0.15) is 18.4 Å². The molecule has 21 heavy (non-hydrogen) atoms. The molecule has 0 aromatic heterocycles. The van der Waals surface area contributed by atoms with Crippen LogP contribution in [0.25, 0.3) is 0 Å². The van der Waals surface area contributed by atoms with Gasteiger partial charge in [-0.2, -0.15) is 0 Å². The molecule has 2 N–H and O–H groups in total. The highest BCUT2D eigenvalue weighted by Crippen LogP contribution is 2.20. The SMILES string of the molecule is CN(CCCC(=O)O)C(=O)NCCc1ccc(Cl)cc1Cl. The number of carboxylic acid groups (broad SMARTS) is 1. The molecule has 7 heteroatoms. The van der Waals surface area contributed by atoms with Crippen molar-refractivity contribution in [1.29, 1.82) is 0 Å². The van der Waals surface area contributed by atoms with Crippen molar-refractivity contribution in [1.82, 2.24) is 10.2 Å². The Balaban J connectivity index is 2.30. The number of carbonyl (C=O) groups is 2. The number of hydrogen-bond acceptors (Lipinski definition) is 2. The van der Waals surface area contributed by atoms with Crippen molar-refractivity contribution in [3.05, 3.63) is 33.8 Å². The average molecular weight is 333 g/mol.